The molecule has 0 saturated carbocycles. The van der Waals surface area contributed by atoms with E-state index in [1.54, 1.807) is 0 Å². The minimum absolute atomic E-state index is 0.0102. The lowest BCUT2D eigenvalue weighted by Gasteiger charge is -2.41. The van der Waals surface area contributed by atoms with Gasteiger partial charge in [-0.05, 0) is 63.3 Å². The monoisotopic (exact) mass is 397 g/mol. The lowest BCUT2D eigenvalue weighted by molar-refractivity contribution is -0.141. The van der Waals surface area contributed by atoms with Gasteiger partial charge in [0.1, 0.15) is 5.82 Å². The van der Waals surface area contributed by atoms with Crippen LogP contribution in [0.3, 0.4) is 0 Å². The fraction of sp³-hybridized carbons (Fsp3) is 0.632. The lowest BCUT2D eigenvalue weighted by Crippen LogP contribution is -2.55. The number of carbonyl (C=O) groups is 1. The molecule has 0 aliphatic carbocycles. The van der Waals surface area contributed by atoms with E-state index in [1.807, 2.05) is 11.8 Å². The van der Waals surface area contributed by atoms with Crippen LogP contribution in [0.2, 0.25) is 0 Å². The second kappa shape index (κ2) is 8.24. The van der Waals surface area contributed by atoms with Crippen LogP contribution in [0.25, 0.3) is 0 Å². The summed E-state index contributed by atoms with van der Waals surface area (Å²) in [5.41, 5.74) is 6.08. The van der Waals surface area contributed by atoms with Crippen LogP contribution in [-0.4, -0.2) is 55.2 Å². The molecule has 1 aromatic rings. The van der Waals surface area contributed by atoms with Crippen LogP contribution in [0.15, 0.2) is 29.2 Å². The number of amides is 1. The van der Waals surface area contributed by atoms with Gasteiger partial charge in [0.05, 0.1) is 10.8 Å². The Morgan fingerprint density at radius 1 is 1.15 bits per heavy atom. The minimum atomic E-state index is -3.73. The fourth-order valence-electron chi connectivity index (χ4n) is 4.13. The van der Waals surface area contributed by atoms with Gasteiger partial charge in [-0.15, -0.1) is 0 Å². The van der Waals surface area contributed by atoms with Gasteiger partial charge in [-0.25, -0.2) is 12.8 Å². The van der Waals surface area contributed by atoms with Crippen molar-refractivity contribution in [1.29, 1.82) is 0 Å². The molecule has 1 aromatic carbocycles. The molecule has 0 spiro atoms. The van der Waals surface area contributed by atoms with Crippen molar-refractivity contribution >= 4 is 15.9 Å². The predicted octanol–water partition coefficient (Wildman–Crippen LogP) is 1.95. The molecular weight excluding hydrogens is 369 g/mol. The molecule has 2 N–H and O–H groups in total. The predicted molar refractivity (Wildman–Crippen MR) is 101 cm³/mol. The number of halogens is 1. The van der Waals surface area contributed by atoms with E-state index in [1.165, 1.54) is 16.4 Å². The maximum atomic E-state index is 13.1. The highest BCUT2D eigenvalue weighted by molar-refractivity contribution is 7.89. The van der Waals surface area contributed by atoms with E-state index >= 15 is 0 Å². The molecule has 3 rings (SSSR count). The number of piperidine rings is 2. The Hall–Kier alpha value is -1.51. The Balaban J connectivity index is 1.75. The van der Waals surface area contributed by atoms with Gasteiger partial charge in [-0.3, -0.25) is 4.79 Å². The average Bonchev–Trinajstić information content (AvgIpc) is 2.68. The number of benzene rings is 1. The number of rotatable bonds is 4. The zero-order valence-electron chi connectivity index (χ0n) is 15.7. The third kappa shape index (κ3) is 4.33. The number of sulfonamides is 1. The Labute approximate surface area is 160 Å². The summed E-state index contributed by atoms with van der Waals surface area (Å²) < 4.78 is 40.2. The summed E-state index contributed by atoms with van der Waals surface area (Å²) in [5, 5.41) is 0. The van der Waals surface area contributed by atoms with Gasteiger partial charge in [0.15, 0.2) is 0 Å². The summed E-state index contributed by atoms with van der Waals surface area (Å²) in [6, 6.07) is 4.74. The van der Waals surface area contributed by atoms with Crippen LogP contribution in [-0.2, 0) is 14.8 Å². The fourth-order valence-corrected chi connectivity index (χ4v) is 5.65. The molecule has 2 aliphatic rings. The van der Waals surface area contributed by atoms with Crippen LogP contribution < -0.4 is 5.73 Å². The van der Waals surface area contributed by atoms with Gasteiger partial charge in [0.2, 0.25) is 15.9 Å². The number of likely N-dealkylation sites (tertiary alicyclic amines) is 1. The van der Waals surface area contributed by atoms with Crippen molar-refractivity contribution in [1.82, 2.24) is 9.21 Å². The van der Waals surface area contributed by atoms with Gasteiger partial charge in [0, 0.05) is 31.7 Å². The van der Waals surface area contributed by atoms with E-state index in [0.717, 1.165) is 31.4 Å². The van der Waals surface area contributed by atoms with Crippen molar-refractivity contribution in [2.24, 2.45) is 11.7 Å². The summed E-state index contributed by atoms with van der Waals surface area (Å²) >= 11 is 0. The molecule has 2 heterocycles. The van der Waals surface area contributed by atoms with Crippen LogP contribution in [0, 0.1) is 11.7 Å². The van der Waals surface area contributed by atoms with Crippen molar-refractivity contribution in [3.63, 3.8) is 0 Å². The highest BCUT2D eigenvalue weighted by Gasteiger charge is 2.38. The zero-order valence-corrected chi connectivity index (χ0v) is 16.5. The first-order chi connectivity index (χ1) is 12.8. The Morgan fingerprint density at radius 3 is 2.52 bits per heavy atom. The highest BCUT2D eigenvalue weighted by atomic mass is 32.2. The molecule has 6 nitrogen and oxygen atoms in total. The number of nitrogens with zero attached hydrogens (tertiary/aromatic N) is 2. The number of nitrogens with two attached hydrogens (primary N) is 1. The van der Waals surface area contributed by atoms with Gasteiger partial charge < -0.3 is 10.6 Å². The molecule has 2 aliphatic heterocycles. The van der Waals surface area contributed by atoms with Crippen LogP contribution in [0.4, 0.5) is 4.39 Å². The van der Waals surface area contributed by atoms with Crippen molar-refractivity contribution in [2.75, 3.05) is 19.6 Å². The third-order valence-corrected chi connectivity index (χ3v) is 7.50. The van der Waals surface area contributed by atoms with Gasteiger partial charge in [-0.1, -0.05) is 0 Å². The maximum Gasteiger partial charge on any atom is 0.243 e. The van der Waals surface area contributed by atoms with E-state index in [2.05, 4.69) is 0 Å². The van der Waals surface area contributed by atoms with Crippen molar-refractivity contribution < 1.29 is 17.6 Å². The zero-order chi connectivity index (χ0) is 19.6. The van der Waals surface area contributed by atoms with E-state index in [9.17, 15) is 17.6 Å². The van der Waals surface area contributed by atoms with Crippen molar-refractivity contribution in [3.05, 3.63) is 30.1 Å². The summed E-state index contributed by atoms with van der Waals surface area (Å²) in [4.78, 5) is 15.0. The lowest BCUT2D eigenvalue weighted by atomic mass is 9.92. The Morgan fingerprint density at radius 2 is 1.85 bits per heavy atom. The molecule has 2 fully saturated rings. The maximum absolute atomic E-state index is 13.1. The first-order valence-corrected chi connectivity index (χ1v) is 11.1. The van der Waals surface area contributed by atoms with Gasteiger partial charge in [0.25, 0.3) is 0 Å². The second-order valence-corrected chi connectivity index (χ2v) is 9.55. The SMILES string of the molecule is CC(N)C1CCCCN1C(=O)C1CCCN(S(=O)(=O)c2ccc(F)cc2)C1. The molecule has 8 heteroatoms. The van der Waals surface area contributed by atoms with Crippen LogP contribution >= 0.6 is 0 Å². The molecule has 0 aromatic heterocycles. The van der Waals surface area contributed by atoms with Crippen LogP contribution in [0.5, 0.6) is 0 Å². The molecular formula is C19H28FN3O3S. The summed E-state index contributed by atoms with van der Waals surface area (Å²) in [5.74, 6) is -0.822. The third-order valence-electron chi connectivity index (χ3n) is 5.62. The van der Waals surface area contributed by atoms with Gasteiger partial charge in [-0.2, -0.15) is 4.31 Å². The van der Waals surface area contributed by atoms with Crippen molar-refractivity contribution in [2.45, 2.75) is 56.0 Å². The topological polar surface area (TPSA) is 83.7 Å². The molecule has 1 amide bonds. The highest BCUT2D eigenvalue weighted by Crippen LogP contribution is 2.28. The van der Waals surface area contributed by atoms with Gasteiger partial charge >= 0.3 is 0 Å². The first kappa shape index (κ1) is 20.2. The summed E-state index contributed by atoms with van der Waals surface area (Å²) in [6.07, 6.45) is 4.22. The normalized spacial score (nSPS) is 26.0. The van der Waals surface area contributed by atoms with Crippen molar-refractivity contribution in [3.8, 4) is 0 Å². The largest absolute Gasteiger partial charge is 0.338 e. The first-order valence-electron chi connectivity index (χ1n) is 9.62. The van der Waals surface area contributed by atoms with E-state index in [4.69, 9.17) is 5.73 Å². The van der Waals surface area contributed by atoms with Crippen LogP contribution in [0.1, 0.15) is 39.0 Å². The summed E-state index contributed by atoms with van der Waals surface area (Å²) in [7, 11) is -3.73. The van der Waals surface area contributed by atoms with E-state index in [0.29, 0.717) is 25.9 Å². The molecule has 0 bridgehead atoms. The Bertz CT molecular complexity index is 767. The Kier molecular flexibility index (Phi) is 6.18. The van der Waals surface area contributed by atoms with E-state index in [-0.39, 0.29) is 35.3 Å². The standard InChI is InChI=1S/C19H28FN3O3S/c1-14(21)18-6-2-3-12-23(18)19(24)15-5-4-11-22(13-15)27(25,26)17-9-7-16(20)8-10-17/h7-10,14-15,18H,2-6,11-13,21H2,1H3. The molecule has 3 unspecified atom stereocenters. The number of hydrogen-bond donors (Lipinski definition) is 1. The number of carbonyl (C=O) groups excluding carboxylic acids is 1. The molecule has 3 atom stereocenters. The quantitative estimate of drug-likeness (QED) is 0.842. The smallest absolute Gasteiger partial charge is 0.243 e. The summed E-state index contributed by atoms with van der Waals surface area (Å²) in [6.45, 7) is 3.15. The second-order valence-electron chi connectivity index (χ2n) is 7.61. The molecule has 27 heavy (non-hydrogen) atoms. The molecule has 150 valence electrons. The van der Waals surface area contributed by atoms with E-state index < -0.39 is 15.8 Å². The number of hydrogen-bond acceptors (Lipinski definition) is 4. The molecule has 0 radical (unpaired) electrons. The molecule has 2 saturated heterocycles. The minimum Gasteiger partial charge on any atom is -0.338 e. The average molecular weight is 398 g/mol.